The summed E-state index contributed by atoms with van der Waals surface area (Å²) in [4.78, 5) is 22.4. The van der Waals surface area contributed by atoms with E-state index in [-0.39, 0.29) is 17.6 Å². The fourth-order valence-corrected chi connectivity index (χ4v) is 2.43. The highest BCUT2D eigenvalue weighted by atomic mass is 16.6. The number of nitro benzene ring substituents is 1. The van der Waals surface area contributed by atoms with Gasteiger partial charge in [-0.05, 0) is 36.8 Å². The highest BCUT2D eigenvalue weighted by molar-refractivity contribution is 5.94. The van der Waals surface area contributed by atoms with Gasteiger partial charge in [-0.3, -0.25) is 14.9 Å². The number of carbonyl (C=O) groups is 1. The van der Waals surface area contributed by atoms with Crippen LogP contribution in [0.15, 0.2) is 42.5 Å². The third-order valence-corrected chi connectivity index (χ3v) is 3.75. The van der Waals surface area contributed by atoms with Gasteiger partial charge in [0, 0.05) is 17.7 Å². The van der Waals surface area contributed by atoms with Crippen molar-refractivity contribution in [3.05, 3.63) is 63.7 Å². The quantitative estimate of drug-likeness (QED) is 0.688. The van der Waals surface area contributed by atoms with E-state index >= 15 is 0 Å². The predicted molar refractivity (Wildman–Crippen MR) is 86.4 cm³/mol. The number of nitrogens with zero attached hydrogens (tertiary/aromatic N) is 1. The van der Waals surface area contributed by atoms with E-state index in [0.29, 0.717) is 30.3 Å². The molecule has 0 radical (unpaired) electrons. The Bertz CT molecular complexity index is 773. The van der Waals surface area contributed by atoms with Gasteiger partial charge < -0.3 is 14.8 Å². The summed E-state index contributed by atoms with van der Waals surface area (Å²) >= 11 is 0. The lowest BCUT2D eigenvalue weighted by atomic mass is 10.1. The van der Waals surface area contributed by atoms with Crippen LogP contribution in [0.1, 0.15) is 28.9 Å². The molecule has 0 spiro atoms. The molecule has 124 valence electrons. The summed E-state index contributed by atoms with van der Waals surface area (Å²) in [6.45, 7) is 2.88. The number of rotatable bonds is 4. The summed E-state index contributed by atoms with van der Waals surface area (Å²) in [7, 11) is 0. The lowest BCUT2D eigenvalue weighted by Crippen LogP contribution is -2.26. The number of nitrogens with one attached hydrogen (secondary N) is 1. The molecule has 1 atom stereocenters. The molecule has 1 heterocycles. The van der Waals surface area contributed by atoms with Crippen LogP contribution in [0.3, 0.4) is 0 Å². The second-order valence-electron chi connectivity index (χ2n) is 5.40. The van der Waals surface area contributed by atoms with Crippen molar-refractivity contribution in [3.8, 4) is 11.5 Å². The smallest absolute Gasteiger partial charge is 0.269 e. The van der Waals surface area contributed by atoms with Gasteiger partial charge in [0.15, 0.2) is 11.5 Å². The maximum Gasteiger partial charge on any atom is 0.269 e. The highest BCUT2D eigenvalue weighted by Gasteiger charge is 2.17. The Morgan fingerprint density at radius 1 is 1.12 bits per heavy atom. The van der Waals surface area contributed by atoms with Crippen LogP contribution in [-0.2, 0) is 0 Å². The molecule has 0 unspecified atom stereocenters. The van der Waals surface area contributed by atoms with Gasteiger partial charge in [0.05, 0.1) is 11.0 Å². The average molecular weight is 328 g/mol. The molecular weight excluding hydrogens is 312 g/mol. The van der Waals surface area contributed by atoms with Crippen LogP contribution < -0.4 is 14.8 Å². The van der Waals surface area contributed by atoms with Crippen LogP contribution in [0.2, 0.25) is 0 Å². The molecule has 0 bridgehead atoms. The third kappa shape index (κ3) is 3.29. The van der Waals surface area contributed by atoms with Gasteiger partial charge in [-0.1, -0.05) is 6.07 Å². The molecule has 7 nitrogen and oxygen atoms in total. The number of non-ortho nitro benzene ring substituents is 1. The van der Waals surface area contributed by atoms with Crippen LogP contribution in [-0.4, -0.2) is 24.0 Å². The molecule has 7 heteroatoms. The van der Waals surface area contributed by atoms with Gasteiger partial charge in [-0.25, -0.2) is 0 Å². The van der Waals surface area contributed by atoms with E-state index in [4.69, 9.17) is 9.47 Å². The summed E-state index contributed by atoms with van der Waals surface area (Å²) in [5, 5.41) is 13.5. The van der Waals surface area contributed by atoms with Crippen molar-refractivity contribution in [2.75, 3.05) is 13.2 Å². The first-order valence-corrected chi connectivity index (χ1v) is 7.49. The van der Waals surface area contributed by atoms with Crippen molar-refractivity contribution in [2.24, 2.45) is 0 Å². The van der Waals surface area contributed by atoms with Crippen molar-refractivity contribution in [3.63, 3.8) is 0 Å². The van der Waals surface area contributed by atoms with Crippen LogP contribution in [0, 0.1) is 10.1 Å². The number of hydrogen-bond acceptors (Lipinski definition) is 5. The van der Waals surface area contributed by atoms with E-state index in [1.165, 1.54) is 24.3 Å². The summed E-state index contributed by atoms with van der Waals surface area (Å²) < 4.78 is 11.0. The van der Waals surface area contributed by atoms with E-state index in [9.17, 15) is 14.9 Å². The molecule has 2 aromatic carbocycles. The van der Waals surface area contributed by atoms with Crippen molar-refractivity contribution in [1.29, 1.82) is 0 Å². The van der Waals surface area contributed by atoms with Crippen LogP contribution >= 0.6 is 0 Å². The largest absolute Gasteiger partial charge is 0.486 e. The molecule has 0 saturated carbocycles. The first-order valence-electron chi connectivity index (χ1n) is 7.49. The second-order valence-corrected chi connectivity index (χ2v) is 5.40. The van der Waals surface area contributed by atoms with E-state index in [1.807, 2.05) is 25.1 Å². The maximum absolute atomic E-state index is 12.3. The number of fused-ring (bicyclic) bond motifs is 1. The Balaban J connectivity index is 1.70. The zero-order valence-corrected chi connectivity index (χ0v) is 13.0. The standard InChI is InChI=1S/C17H16N2O5/c1-11(13-4-7-15-16(10-13)24-9-8-23-15)18-17(20)12-2-5-14(6-3-12)19(21)22/h2-7,10-11H,8-9H2,1H3,(H,18,20)/t11-/m0/s1. The number of nitro groups is 1. The Morgan fingerprint density at radius 3 is 2.46 bits per heavy atom. The van der Waals surface area contributed by atoms with Crippen LogP contribution in [0.5, 0.6) is 11.5 Å². The van der Waals surface area contributed by atoms with Crippen molar-refractivity contribution < 1.29 is 19.2 Å². The van der Waals surface area contributed by atoms with Gasteiger partial charge in [-0.2, -0.15) is 0 Å². The van der Waals surface area contributed by atoms with E-state index < -0.39 is 4.92 Å². The number of ether oxygens (including phenoxy) is 2. The average Bonchev–Trinajstić information content (AvgIpc) is 2.61. The molecular formula is C17H16N2O5. The minimum Gasteiger partial charge on any atom is -0.486 e. The molecule has 1 aliphatic heterocycles. The molecule has 24 heavy (non-hydrogen) atoms. The minimum absolute atomic E-state index is 0.0496. The normalized spacial score (nSPS) is 13.9. The zero-order chi connectivity index (χ0) is 17.1. The lowest BCUT2D eigenvalue weighted by molar-refractivity contribution is -0.384. The van der Waals surface area contributed by atoms with Crippen LogP contribution in [0.25, 0.3) is 0 Å². The summed E-state index contributed by atoms with van der Waals surface area (Å²) in [5.74, 6) is 1.06. The number of carbonyl (C=O) groups excluding carboxylic acids is 1. The van der Waals surface area contributed by atoms with Gasteiger partial charge in [-0.15, -0.1) is 0 Å². The summed E-state index contributed by atoms with van der Waals surface area (Å²) in [6.07, 6.45) is 0. The first-order chi connectivity index (χ1) is 11.5. The van der Waals surface area contributed by atoms with E-state index in [1.54, 1.807) is 0 Å². The molecule has 0 saturated heterocycles. The minimum atomic E-state index is -0.501. The summed E-state index contributed by atoms with van der Waals surface area (Å²) in [6, 6.07) is 10.8. The predicted octanol–water partition coefficient (Wildman–Crippen LogP) is 2.86. The fraction of sp³-hybridized carbons (Fsp3) is 0.235. The molecule has 2 aromatic rings. The number of amides is 1. The van der Waals surface area contributed by atoms with Gasteiger partial charge in [0.25, 0.3) is 11.6 Å². The van der Waals surface area contributed by atoms with Crippen molar-refractivity contribution in [1.82, 2.24) is 5.32 Å². The second kappa shape index (κ2) is 6.57. The molecule has 0 fully saturated rings. The maximum atomic E-state index is 12.3. The van der Waals surface area contributed by atoms with Crippen molar-refractivity contribution in [2.45, 2.75) is 13.0 Å². The van der Waals surface area contributed by atoms with Gasteiger partial charge in [0.1, 0.15) is 13.2 Å². The lowest BCUT2D eigenvalue weighted by Gasteiger charge is -2.21. The van der Waals surface area contributed by atoms with Crippen LogP contribution in [0.4, 0.5) is 5.69 Å². The Kier molecular flexibility index (Phi) is 4.33. The van der Waals surface area contributed by atoms with Gasteiger partial charge in [0.2, 0.25) is 0 Å². The monoisotopic (exact) mass is 328 g/mol. The topological polar surface area (TPSA) is 90.7 Å². The van der Waals surface area contributed by atoms with E-state index in [0.717, 1.165) is 5.56 Å². The fourth-order valence-electron chi connectivity index (χ4n) is 2.43. The number of benzene rings is 2. The highest BCUT2D eigenvalue weighted by Crippen LogP contribution is 2.32. The first kappa shape index (κ1) is 15.8. The van der Waals surface area contributed by atoms with E-state index in [2.05, 4.69) is 5.32 Å². The molecule has 1 amide bonds. The molecule has 0 aliphatic carbocycles. The molecule has 1 N–H and O–H groups in total. The Hall–Kier alpha value is -3.09. The Morgan fingerprint density at radius 2 is 1.79 bits per heavy atom. The summed E-state index contributed by atoms with van der Waals surface area (Å²) in [5.41, 5.74) is 1.20. The zero-order valence-electron chi connectivity index (χ0n) is 13.0. The number of hydrogen-bond donors (Lipinski definition) is 1. The molecule has 0 aromatic heterocycles. The SMILES string of the molecule is C[C@H](NC(=O)c1ccc([N+](=O)[O-])cc1)c1ccc2c(c1)OCCO2. The molecule has 1 aliphatic rings. The Labute approximate surface area is 138 Å². The van der Waals surface area contributed by atoms with Crippen molar-refractivity contribution >= 4 is 11.6 Å². The molecule has 3 rings (SSSR count). The van der Waals surface area contributed by atoms with Gasteiger partial charge >= 0.3 is 0 Å². The third-order valence-electron chi connectivity index (χ3n) is 3.75.